The van der Waals surface area contributed by atoms with Gasteiger partial charge in [-0.05, 0) is 57.8 Å². The van der Waals surface area contributed by atoms with Crippen LogP contribution < -0.4 is 0 Å². The van der Waals surface area contributed by atoms with Crippen LogP contribution in [0.3, 0.4) is 0 Å². The van der Waals surface area contributed by atoms with Crippen molar-refractivity contribution in [3.05, 3.63) is 23.8 Å². The highest BCUT2D eigenvalue weighted by atomic mass is 16.6. The molecule has 0 aromatic heterocycles. The Hall–Kier alpha value is -1.09. The predicted octanol–water partition coefficient (Wildman–Crippen LogP) is 5.06. The molecule has 2 fully saturated rings. The summed E-state index contributed by atoms with van der Waals surface area (Å²) < 4.78 is 12.6. The number of allylic oxidation sites excluding steroid dienone is 1. The van der Waals surface area contributed by atoms with Gasteiger partial charge in [-0.3, -0.25) is 4.79 Å². The number of carbonyl (C=O) groups excluding carboxylic acids is 1. The van der Waals surface area contributed by atoms with Crippen molar-refractivity contribution in [3.8, 4) is 0 Å². The summed E-state index contributed by atoms with van der Waals surface area (Å²) in [6.45, 7) is 14.9. The van der Waals surface area contributed by atoms with Gasteiger partial charge in [-0.15, -0.1) is 0 Å². The van der Waals surface area contributed by atoms with Gasteiger partial charge < -0.3 is 9.47 Å². The van der Waals surface area contributed by atoms with Gasteiger partial charge in [0.15, 0.2) is 0 Å². The summed E-state index contributed by atoms with van der Waals surface area (Å²) in [5.74, 6) is 1.79. The minimum absolute atomic E-state index is 0.0323. The van der Waals surface area contributed by atoms with Gasteiger partial charge in [-0.1, -0.05) is 37.6 Å². The molecule has 140 valence electrons. The number of hydrogen-bond donors (Lipinski definition) is 0. The molecule has 25 heavy (non-hydrogen) atoms. The van der Waals surface area contributed by atoms with E-state index in [1.54, 1.807) is 0 Å². The van der Waals surface area contributed by atoms with Crippen LogP contribution in [0.25, 0.3) is 0 Å². The molecule has 2 aliphatic heterocycles. The normalized spacial score (nSPS) is 43.5. The molecule has 3 aliphatic rings. The van der Waals surface area contributed by atoms with Crippen molar-refractivity contribution in [2.75, 3.05) is 0 Å². The highest BCUT2D eigenvalue weighted by Gasteiger charge is 2.58. The maximum atomic E-state index is 11.9. The molecule has 3 rings (SSSR count). The van der Waals surface area contributed by atoms with Gasteiger partial charge in [-0.2, -0.15) is 0 Å². The van der Waals surface area contributed by atoms with Crippen LogP contribution in [0.15, 0.2) is 23.8 Å². The Balaban J connectivity index is 2.05. The fourth-order valence-corrected chi connectivity index (χ4v) is 5.63. The molecule has 3 heteroatoms. The molecular weight excluding hydrogens is 312 g/mol. The van der Waals surface area contributed by atoms with E-state index >= 15 is 0 Å². The second-order valence-electron chi connectivity index (χ2n) is 9.00. The van der Waals surface area contributed by atoms with Gasteiger partial charge in [0.05, 0.1) is 6.10 Å². The summed E-state index contributed by atoms with van der Waals surface area (Å²) in [5.41, 5.74) is 2.17. The molecule has 0 aromatic rings. The number of carbonyl (C=O) groups is 1. The lowest BCUT2D eigenvalue weighted by atomic mass is 9.61. The van der Waals surface area contributed by atoms with Crippen LogP contribution >= 0.6 is 0 Å². The van der Waals surface area contributed by atoms with Crippen LogP contribution in [0.1, 0.15) is 66.7 Å². The van der Waals surface area contributed by atoms with Crippen molar-refractivity contribution in [1.29, 1.82) is 0 Å². The molecule has 0 aromatic carbocycles. The van der Waals surface area contributed by atoms with E-state index in [0.29, 0.717) is 23.7 Å². The van der Waals surface area contributed by atoms with Gasteiger partial charge in [0.1, 0.15) is 11.7 Å². The molecule has 1 saturated heterocycles. The minimum Gasteiger partial charge on any atom is -0.457 e. The average molecular weight is 347 g/mol. The van der Waals surface area contributed by atoms with Crippen molar-refractivity contribution in [2.24, 2.45) is 23.7 Å². The summed E-state index contributed by atoms with van der Waals surface area (Å²) in [6.07, 6.45) is 7.45. The first-order valence-electron chi connectivity index (χ1n) is 9.91. The van der Waals surface area contributed by atoms with E-state index in [0.717, 1.165) is 25.7 Å². The number of esters is 1. The topological polar surface area (TPSA) is 35.5 Å². The summed E-state index contributed by atoms with van der Waals surface area (Å²) in [4.78, 5) is 11.9. The Morgan fingerprint density at radius 1 is 1.44 bits per heavy atom. The van der Waals surface area contributed by atoms with E-state index in [1.165, 1.54) is 24.5 Å². The highest BCUT2D eigenvalue weighted by Crippen LogP contribution is 2.55. The second-order valence-corrected chi connectivity index (χ2v) is 9.00. The van der Waals surface area contributed by atoms with Gasteiger partial charge >= 0.3 is 5.97 Å². The van der Waals surface area contributed by atoms with Gasteiger partial charge in [0.25, 0.3) is 0 Å². The first-order valence-corrected chi connectivity index (χ1v) is 9.91. The van der Waals surface area contributed by atoms with Crippen LogP contribution in [0.2, 0.25) is 0 Å². The zero-order valence-electron chi connectivity index (χ0n) is 16.5. The zero-order chi connectivity index (χ0) is 18.4. The third-order valence-corrected chi connectivity index (χ3v) is 6.74. The predicted molar refractivity (Wildman–Crippen MR) is 100 cm³/mol. The Morgan fingerprint density at radius 2 is 2.16 bits per heavy atom. The molecule has 0 radical (unpaired) electrons. The Morgan fingerprint density at radius 3 is 2.80 bits per heavy atom. The van der Waals surface area contributed by atoms with Gasteiger partial charge in [0.2, 0.25) is 0 Å². The average Bonchev–Trinajstić information content (AvgIpc) is 2.88. The number of hydrogen-bond acceptors (Lipinski definition) is 3. The summed E-state index contributed by atoms with van der Waals surface area (Å²) in [6, 6.07) is 0. The van der Waals surface area contributed by atoms with E-state index in [1.807, 2.05) is 0 Å². The maximum Gasteiger partial charge on any atom is 0.303 e. The van der Waals surface area contributed by atoms with Crippen molar-refractivity contribution in [3.63, 3.8) is 0 Å². The monoisotopic (exact) mass is 346 g/mol. The molecule has 6 atom stereocenters. The van der Waals surface area contributed by atoms with Gasteiger partial charge in [-0.25, -0.2) is 0 Å². The Kier molecular flexibility index (Phi) is 5.16. The van der Waals surface area contributed by atoms with Crippen LogP contribution in [0, 0.1) is 23.7 Å². The van der Waals surface area contributed by atoms with E-state index in [4.69, 9.17) is 9.47 Å². The lowest BCUT2D eigenvalue weighted by molar-refractivity contribution is -0.178. The molecule has 2 heterocycles. The third kappa shape index (κ3) is 3.45. The fourth-order valence-electron chi connectivity index (χ4n) is 5.63. The first-order chi connectivity index (χ1) is 11.7. The zero-order valence-corrected chi connectivity index (χ0v) is 16.5. The van der Waals surface area contributed by atoms with Crippen LogP contribution in [0.5, 0.6) is 0 Å². The third-order valence-electron chi connectivity index (χ3n) is 6.74. The van der Waals surface area contributed by atoms with Crippen LogP contribution in [0.4, 0.5) is 0 Å². The Labute approximate surface area is 152 Å². The molecule has 3 nitrogen and oxygen atoms in total. The molecule has 0 N–H and O–H groups in total. The lowest BCUT2D eigenvalue weighted by Gasteiger charge is -2.44. The first kappa shape index (κ1) is 18.7. The molecule has 1 aliphatic carbocycles. The minimum atomic E-state index is -0.560. The quantitative estimate of drug-likeness (QED) is 0.518. The van der Waals surface area contributed by atoms with E-state index in [-0.39, 0.29) is 18.2 Å². The van der Waals surface area contributed by atoms with E-state index in [2.05, 4.69) is 40.3 Å². The van der Waals surface area contributed by atoms with E-state index < -0.39 is 5.60 Å². The highest BCUT2D eigenvalue weighted by molar-refractivity contribution is 5.66. The summed E-state index contributed by atoms with van der Waals surface area (Å²) in [5, 5.41) is 0. The molecule has 1 saturated carbocycles. The molecule has 0 amide bonds. The van der Waals surface area contributed by atoms with Gasteiger partial charge in [0, 0.05) is 18.8 Å². The number of ether oxygens (including phenoxy) is 2. The second kappa shape index (κ2) is 6.90. The molecule has 2 bridgehead atoms. The van der Waals surface area contributed by atoms with Crippen molar-refractivity contribution in [2.45, 2.75) is 84.5 Å². The van der Waals surface area contributed by atoms with E-state index in [9.17, 15) is 4.79 Å². The fraction of sp³-hybridized carbons (Fsp3) is 0.773. The number of rotatable bonds is 2. The standard InChI is InChI=1S/C22H34O3/c1-13(2)17-10-9-15(4)19-18-12-14(3)8-7-11-22(6,25-16(5)23)21(24-18)20(17)19/h8,13,17-21H,4,7,9-12H2,1-3,5-6H3/b14-8-/t17-,18-,19-,20-,21-,22+/m1/s1. The summed E-state index contributed by atoms with van der Waals surface area (Å²) >= 11 is 0. The smallest absolute Gasteiger partial charge is 0.303 e. The van der Waals surface area contributed by atoms with Crippen molar-refractivity contribution in [1.82, 2.24) is 0 Å². The lowest BCUT2D eigenvalue weighted by Crippen LogP contribution is -2.50. The SMILES string of the molecule is C=C1CC[C@H](C(C)C)[C@@H]2[C@H]1[C@H]1C/C(C)=C\CC[C@](C)(OC(C)=O)[C@@H]2O1. The van der Waals surface area contributed by atoms with Crippen molar-refractivity contribution < 1.29 is 14.3 Å². The largest absolute Gasteiger partial charge is 0.457 e. The van der Waals surface area contributed by atoms with Crippen LogP contribution in [-0.4, -0.2) is 23.8 Å². The molecular formula is C22H34O3. The van der Waals surface area contributed by atoms with Crippen LogP contribution in [-0.2, 0) is 14.3 Å². The number of fused-ring (bicyclic) bond motifs is 5. The molecule has 0 unspecified atom stereocenters. The Bertz CT molecular complexity index is 576. The summed E-state index contributed by atoms with van der Waals surface area (Å²) in [7, 11) is 0. The molecule has 0 spiro atoms. The maximum absolute atomic E-state index is 11.9. The van der Waals surface area contributed by atoms with Crippen molar-refractivity contribution >= 4 is 5.97 Å².